The van der Waals surface area contributed by atoms with E-state index < -0.39 is 0 Å². The number of benzene rings is 10. The highest BCUT2D eigenvalue weighted by molar-refractivity contribution is 6.22. The third-order valence-electron chi connectivity index (χ3n) is 11.2. The monoisotopic (exact) mass is 713 g/mol. The van der Waals surface area contributed by atoms with Gasteiger partial charge in [0.1, 0.15) is 11.2 Å². The van der Waals surface area contributed by atoms with Gasteiger partial charge in [-0.3, -0.25) is 0 Å². The van der Waals surface area contributed by atoms with Crippen molar-refractivity contribution in [2.75, 3.05) is 4.90 Å². The summed E-state index contributed by atoms with van der Waals surface area (Å²) < 4.78 is 6.27. The van der Waals surface area contributed by atoms with Gasteiger partial charge < -0.3 is 9.32 Å². The number of para-hydroxylation sites is 1. The number of hydrogen-bond acceptors (Lipinski definition) is 2. The Morgan fingerprint density at radius 3 is 1.64 bits per heavy atom. The molecule has 2 heteroatoms. The molecular weight excluding hydrogens is 679 g/mol. The Bertz CT molecular complexity index is 3250. The Balaban J connectivity index is 1.15. The molecule has 0 saturated heterocycles. The van der Waals surface area contributed by atoms with Gasteiger partial charge >= 0.3 is 0 Å². The van der Waals surface area contributed by atoms with Gasteiger partial charge in [-0.15, -0.1) is 0 Å². The number of rotatable bonds is 6. The van der Waals surface area contributed by atoms with Crippen molar-refractivity contribution >= 4 is 71.3 Å². The Hall–Kier alpha value is -7.42. The van der Waals surface area contributed by atoms with E-state index in [4.69, 9.17) is 4.42 Å². The molecule has 1 aromatic heterocycles. The molecule has 0 atom stereocenters. The van der Waals surface area contributed by atoms with Crippen LogP contribution in [-0.4, -0.2) is 0 Å². The quantitative estimate of drug-likeness (QED) is 0.160. The SMILES string of the molecule is c1ccc(-c2c(-c3ccccc3)c3cc(-c4cccc(N(c5ccc6oc7ccccc7c6c5)c5cccc6ccccc56)c4)ccc3c3ccccc23)cc1. The summed E-state index contributed by atoms with van der Waals surface area (Å²) in [5.41, 5.74) is 12.3. The molecule has 0 bridgehead atoms. The maximum atomic E-state index is 6.27. The summed E-state index contributed by atoms with van der Waals surface area (Å²) in [5, 5.41) is 9.60. The molecule has 0 amide bonds. The molecular formula is C54H35NO. The lowest BCUT2D eigenvalue weighted by Gasteiger charge is -2.27. The van der Waals surface area contributed by atoms with Crippen molar-refractivity contribution in [3.05, 3.63) is 212 Å². The maximum Gasteiger partial charge on any atom is 0.135 e. The highest BCUT2D eigenvalue weighted by atomic mass is 16.3. The highest BCUT2D eigenvalue weighted by Crippen LogP contribution is 2.47. The van der Waals surface area contributed by atoms with Gasteiger partial charge in [0.05, 0.1) is 5.69 Å². The van der Waals surface area contributed by atoms with Gasteiger partial charge in [0, 0.05) is 27.5 Å². The van der Waals surface area contributed by atoms with Gasteiger partial charge in [-0.2, -0.15) is 0 Å². The van der Waals surface area contributed by atoms with Crippen LogP contribution in [0.4, 0.5) is 17.1 Å². The molecule has 10 aromatic carbocycles. The van der Waals surface area contributed by atoms with Gasteiger partial charge in [-0.25, -0.2) is 0 Å². The van der Waals surface area contributed by atoms with Crippen LogP contribution >= 0.6 is 0 Å². The molecule has 0 aliphatic carbocycles. The number of hydrogen-bond donors (Lipinski definition) is 0. The topological polar surface area (TPSA) is 16.4 Å². The first-order valence-corrected chi connectivity index (χ1v) is 19.2. The Morgan fingerprint density at radius 2 is 0.839 bits per heavy atom. The van der Waals surface area contributed by atoms with Crippen LogP contribution < -0.4 is 4.90 Å². The minimum absolute atomic E-state index is 0.884. The predicted molar refractivity (Wildman–Crippen MR) is 237 cm³/mol. The van der Waals surface area contributed by atoms with Gasteiger partial charge in [-0.05, 0) is 109 Å². The summed E-state index contributed by atoms with van der Waals surface area (Å²) in [7, 11) is 0. The van der Waals surface area contributed by atoms with Crippen LogP contribution in [0, 0.1) is 0 Å². The van der Waals surface area contributed by atoms with Crippen LogP contribution in [0.15, 0.2) is 217 Å². The number of fused-ring (bicyclic) bond motifs is 7. The molecule has 2 nitrogen and oxygen atoms in total. The van der Waals surface area contributed by atoms with Crippen molar-refractivity contribution in [1.29, 1.82) is 0 Å². The lowest BCUT2D eigenvalue weighted by atomic mass is 9.84. The standard InChI is InChI=1S/C54H35NO/c1-3-16-37(17-4-1)53-47-26-10-9-24-44(47)45-31-29-40(34-49(45)54(53)38-18-5-2-6-19-38)39-21-13-22-41(33-39)55(50-27-14-20-36-15-7-8-23-43(36)50)42-30-32-52-48(35-42)46-25-11-12-28-51(46)56-52/h1-35H. The van der Waals surface area contributed by atoms with Crippen LogP contribution in [0.3, 0.4) is 0 Å². The third-order valence-corrected chi connectivity index (χ3v) is 11.2. The molecule has 262 valence electrons. The molecule has 0 N–H and O–H groups in total. The summed E-state index contributed by atoms with van der Waals surface area (Å²) in [6.07, 6.45) is 0. The van der Waals surface area contributed by atoms with E-state index in [1.807, 2.05) is 12.1 Å². The second kappa shape index (κ2) is 13.2. The molecule has 0 unspecified atom stereocenters. The van der Waals surface area contributed by atoms with Crippen molar-refractivity contribution in [3.63, 3.8) is 0 Å². The maximum absolute atomic E-state index is 6.27. The van der Waals surface area contributed by atoms with E-state index in [1.165, 1.54) is 60.1 Å². The van der Waals surface area contributed by atoms with E-state index in [0.29, 0.717) is 0 Å². The zero-order valence-electron chi connectivity index (χ0n) is 30.6. The lowest BCUT2D eigenvalue weighted by Crippen LogP contribution is -2.10. The highest BCUT2D eigenvalue weighted by Gasteiger charge is 2.20. The molecule has 0 aliphatic heterocycles. The van der Waals surface area contributed by atoms with Crippen molar-refractivity contribution in [2.24, 2.45) is 0 Å². The lowest BCUT2D eigenvalue weighted by molar-refractivity contribution is 0.669. The second-order valence-corrected chi connectivity index (χ2v) is 14.5. The third kappa shape index (κ3) is 5.26. The van der Waals surface area contributed by atoms with Gasteiger partial charge in [0.2, 0.25) is 0 Å². The summed E-state index contributed by atoms with van der Waals surface area (Å²) in [5.74, 6) is 0. The number of anilines is 3. The van der Waals surface area contributed by atoms with E-state index in [9.17, 15) is 0 Å². The van der Waals surface area contributed by atoms with Gasteiger partial charge in [-0.1, -0.05) is 164 Å². The average molecular weight is 714 g/mol. The van der Waals surface area contributed by atoms with E-state index in [-0.39, 0.29) is 0 Å². The second-order valence-electron chi connectivity index (χ2n) is 14.5. The van der Waals surface area contributed by atoms with Crippen LogP contribution in [0.2, 0.25) is 0 Å². The minimum atomic E-state index is 0.884. The molecule has 56 heavy (non-hydrogen) atoms. The molecule has 11 rings (SSSR count). The smallest absolute Gasteiger partial charge is 0.135 e. The molecule has 0 saturated carbocycles. The first-order chi connectivity index (χ1) is 27.8. The summed E-state index contributed by atoms with van der Waals surface area (Å²) in [4.78, 5) is 2.39. The van der Waals surface area contributed by atoms with Crippen LogP contribution in [0.5, 0.6) is 0 Å². The van der Waals surface area contributed by atoms with E-state index in [0.717, 1.165) is 44.6 Å². The van der Waals surface area contributed by atoms with Crippen molar-refractivity contribution < 1.29 is 4.42 Å². The van der Waals surface area contributed by atoms with Crippen LogP contribution in [-0.2, 0) is 0 Å². The zero-order chi connectivity index (χ0) is 37.0. The zero-order valence-corrected chi connectivity index (χ0v) is 30.6. The predicted octanol–water partition coefficient (Wildman–Crippen LogP) is 15.5. The Morgan fingerprint density at radius 1 is 0.286 bits per heavy atom. The molecule has 0 radical (unpaired) electrons. The molecule has 0 spiro atoms. The average Bonchev–Trinajstić information content (AvgIpc) is 3.65. The molecule has 0 fully saturated rings. The van der Waals surface area contributed by atoms with E-state index in [2.05, 4.69) is 205 Å². The molecule has 1 heterocycles. The van der Waals surface area contributed by atoms with Crippen molar-refractivity contribution in [1.82, 2.24) is 0 Å². The van der Waals surface area contributed by atoms with E-state index in [1.54, 1.807) is 0 Å². The normalized spacial score (nSPS) is 11.6. The first kappa shape index (κ1) is 32.0. The van der Waals surface area contributed by atoms with Crippen molar-refractivity contribution in [2.45, 2.75) is 0 Å². The van der Waals surface area contributed by atoms with Crippen LogP contribution in [0.1, 0.15) is 0 Å². The largest absolute Gasteiger partial charge is 0.456 e. The Labute approximate surface area is 325 Å². The summed E-state index contributed by atoms with van der Waals surface area (Å²) in [6, 6.07) is 76.6. The number of nitrogens with zero attached hydrogens (tertiary/aromatic N) is 1. The first-order valence-electron chi connectivity index (χ1n) is 19.2. The Kier molecular flexibility index (Phi) is 7.53. The molecule has 11 aromatic rings. The fourth-order valence-corrected chi connectivity index (χ4v) is 8.69. The van der Waals surface area contributed by atoms with Gasteiger partial charge in [0.15, 0.2) is 0 Å². The fourth-order valence-electron chi connectivity index (χ4n) is 8.69. The number of furan rings is 1. The van der Waals surface area contributed by atoms with Gasteiger partial charge in [0.25, 0.3) is 0 Å². The molecule has 0 aliphatic rings. The minimum Gasteiger partial charge on any atom is -0.456 e. The van der Waals surface area contributed by atoms with Crippen molar-refractivity contribution in [3.8, 4) is 33.4 Å². The van der Waals surface area contributed by atoms with E-state index >= 15 is 0 Å². The fraction of sp³-hybridized carbons (Fsp3) is 0. The summed E-state index contributed by atoms with van der Waals surface area (Å²) in [6.45, 7) is 0. The van der Waals surface area contributed by atoms with Crippen LogP contribution in [0.25, 0.3) is 87.6 Å². The summed E-state index contributed by atoms with van der Waals surface area (Å²) >= 11 is 0.